The fraction of sp³-hybridized carbons (Fsp3) is 0.647. The summed E-state index contributed by atoms with van der Waals surface area (Å²) < 4.78 is 5.50. The lowest BCUT2D eigenvalue weighted by Crippen LogP contribution is -2.46. The minimum absolute atomic E-state index is 0.707. The molecule has 3 heteroatoms. The van der Waals surface area contributed by atoms with Gasteiger partial charge < -0.3 is 10.1 Å². The Bertz CT molecular complexity index is 462. The molecule has 1 aromatic carbocycles. The van der Waals surface area contributed by atoms with Crippen LogP contribution in [0.2, 0.25) is 0 Å². The molecule has 0 spiro atoms. The van der Waals surface area contributed by atoms with E-state index in [1.165, 1.54) is 36.8 Å². The molecule has 3 rings (SSSR count). The first-order valence-electron chi connectivity index (χ1n) is 7.75. The summed E-state index contributed by atoms with van der Waals surface area (Å²) in [5, 5.41) is 3.72. The first-order valence-corrected chi connectivity index (χ1v) is 7.75. The van der Waals surface area contributed by atoms with E-state index in [4.69, 9.17) is 4.74 Å². The summed E-state index contributed by atoms with van der Waals surface area (Å²) in [6.07, 6.45) is 5.31. The molecule has 2 aliphatic rings. The summed E-state index contributed by atoms with van der Waals surface area (Å²) in [5.41, 5.74) is 2.61. The molecule has 3 nitrogen and oxygen atoms in total. The highest BCUT2D eigenvalue weighted by Crippen LogP contribution is 2.31. The first-order chi connectivity index (χ1) is 9.65. The topological polar surface area (TPSA) is 24.5 Å². The summed E-state index contributed by atoms with van der Waals surface area (Å²) in [6.45, 7) is 3.13. The fourth-order valence-electron chi connectivity index (χ4n) is 3.82. The molecule has 1 aromatic rings. The van der Waals surface area contributed by atoms with E-state index in [0.717, 1.165) is 24.4 Å². The van der Waals surface area contributed by atoms with Crippen molar-refractivity contribution in [1.82, 2.24) is 10.2 Å². The summed E-state index contributed by atoms with van der Waals surface area (Å²) in [6, 6.07) is 8.67. The minimum Gasteiger partial charge on any atom is -0.496 e. The Morgan fingerprint density at radius 3 is 2.60 bits per heavy atom. The number of fused-ring (bicyclic) bond motifs is 2. The number of hydrogen-bond acceptors (Lipinski definition) is 3. The zero-order chi connectivity index (χ0) is 14.1. The highest BCUT2D eigenvalue weighted by atomic mass is 16.5. The SMILES string of the molecule is COc1ccc(C)cc1CN(C)C1CC2CCC(C1)N2. The molecule has 0 saturated carbocycles. The van der Waals surface area contributed by atoms with Crippen LogP contribution in [-0.4, -0.2) is 37.2 Å². The molecule has 2 saturated heterocycles. The van der Waals surface area contributed by atoms with Crippen LogP contribution in [0.1, 0.15) is 36.8 Å². The second-order valence-corrected chi connectivity index (χ2v) is 6.49. The van der Waals surface area contributed by atoms with Crippen molar-refractivity contribution in [3.63, 3.8) is 0 Å². The molecule has 1 N–H and O–H groups in total. The van der Waals surface area contributed by atoms with Crippen LogP contribution in [-0.2, 0) is 6.54 Å². The van der Waals surface area contributed by atoms with E-state index in [-0.39, 0.29) is 0 Å². The van der Waals surface area contributed by atoms with Gasteiger partial charge in [-0.25, -0.2) is 0 Å². The number of hydrogen-bond donors (Lipinski definition) is 1. The third-order valence-corrected chi connectivity index (χ3v) is 4.93. The van der Waals surface area contributed by atoms with E-state index in [1.54, 1.807) is 7.11 Å². The monoisotopic (exact) mass is 274 g/mol. The van der Waals surface area contributed by atoms with E-state index < -0.39 is 0 Å². The second kappa shape index (κ2) is 5.74. The highest BCUT2D eigenvalue weighted by molar-refractivity contribution is 5.36. The number of nitrogens with one attached hydrogen (secondary N) is 1. The average Bonchev–Trinajstić information content (AvgIpc) is 2.77. The molecule has 0 aliphatic carbocycles. The van der Waals surface area contributed by atoms with E-state index >= 15 is 0 Å². The van der Waals surface area contributed by atoms with Crippen LogP contribution in [0, 0.1) is 6.92 Å². The van der Waals surface area contributed by atoms with Crippen molar-refractivity contribution in [2.45, 2.75) is 57.3 Å². The van der Waals surface area contributed by atoms with Crippen molar-refractivity contribution in [3.05, 3.63) is 29.3 Å². The zero-order valence-electron chi connectivity index (χ0n) is 12.9. The number of piperidine rings is 1. The maximum Gasteiger partial charge on any atom is 0.123 e. The number of rotatable bonds is 4. The summed E-state index contributed by atoms with van der Waals surface area (Å²) >= 11 is 0. The van der Waals surface area contributed by atoms with E-state index in [0.29, 0.717) is 6.04 Å². The maximum atomic E-state index is 5.50. The van der Waals surface area contributed by atoms with Gasteiger partial charge in [0.15, 0.2) is 0 Å². The Morgan fingerprint density at radius 2 is 1.95 bits per heavy atom. The minimum atomic E-state index is 0.707. The Labute approximate surface area is 122 Å². The Hall–Kier alpha value is -1.06. The van der Waals surface area contributed by atoms with Gasteiger partial charge in [-0.15, -0.1) is 0 Å². The normalized spacial score (nSPS) is 28.9. The van der Waals surface area contributed by atoms with Crippen molar-refractivity contribution in [2.24, 2.45) is 0 Å². The van der Waals surface area contributed by atoms with Gasteiger partial charge in [0, 0.05) is 30.2 Å². The summed E-state index contributed by atoms with van der Waals surface area (Å²) in [5.74, 6) is 1.01. The van der Waals surface area contributed by atoms with Gasteiger partial charge in [-0.2, -0.15) is 0 Å². The predicted octanol–water partition coefficient (Wildman–Crippen LogP) is 2.72. The lowest BCUT2D eigenvalue weighted by Gasteiger charge is -2.35. The van der Waals surface area contributed by atoms with Gasteiger partial charge in [-0.3, -0.25) is 4.90 Å². The molecule has 2 fully saturated rings. The van der Waals surface area contributed by atoms with Crippen LogP contribution in [0.5, 0.6) is 5.75 Å². The average molecular weight is 274 g/mol. The molecular weight excluding hydrogens is 248 g/mol. The van der Waals surface area contributed by atoms with Crippen molar-refractivity contribution < 1.29 is 4.74 Å². The van der Waals surface area contributed by atoms with Crippen LogP contribution >= 0.6 is 0 Å². The van der Waals surface area contributed by atoms with Gasteiger partial charge in [0.25, 0.3) is 0 Å². The predicted molar refractivity (Wildman–Crippen MR) is 82.2 cm³/mol. The molecule has 110 valence electrons. The Morgan fingerprint density at radius 1 is 1.25 bits per heavy atom. The summed E-state index contributed by atoms with van der Waals surface area (Å²) in [7, 11) is 4.02. The zero-order valence-corrected chi connectivity index (χ0v) is 12.9. The van der Waals surface area contributed by atoms with Gasteiger partial charge in [0.1, 0.15) is 5.75 Å². The highest BCUT2D eigenvalue weighted by Gasteiger charge is 2.35. The van der Waals surface area contributed by atoms with Gasteiger partial charge >= 0.3 is 0 Å². The summed E-state index contributed by atoms with van der Waals surface area (Å²) in [4.78, 5) is 2.52. The van der Waals surface area contributed by atoms with Gasteiger partial charge in [0.2, 0.25) is 0 Å². The lowest BCUT2D eigenvalue weighted by molar-refractivity contribution is 0.164. The lowest BCUT2D eigenvalue weighted by atomic mass is 9.98. The standard InChI is InChI=1S/C17H26N2O/c1-12-4-7-17(20-3)13(8-12)11-19(2)16-9-14-5-6-15(10-16)18-14/h4,7-8,14-16,18H,5-6,9-11H2,1-3H3. The number of aryl methyl sites for hydroxylation is 1. The number of methoxy groups -OCH3 is 1. The largest absolute Gasteiger partial charge is 0.496 e. The maximum absolute atomic E-state index is 5.50. The van der Waals surface area contributed by atoms with Crippen LogP contribution in [0.4, 0.5) is 0 Å². The second-order valence-electron chi connectivity index (χ2n) is 6.49. The first kappa shape index (κ1) is 13.9. The smallest absolute Gasteiger partial charge is 0.123 e. The van der Waals surface area contributed by atoms with Crippen molar-refractivity contribution in [1.29, 1.82) is 0 Å². The molecular formula is C17H26N2O. The van der Waals surface area contributed by atoms with Gasteiger partial charge in [0.05, 0.1) is 7.11 Å². The molecule has 2 bridgehead atoms. The van der Waals surface area contributed by atoms with Crippen LogP contribution < -0.4 is 10.1 Å². The molecule has 2 unspecified atom stereocenters. The number of ether oxygens (including phenoxy) is 1. The number of benzene rings is 1. The molecule has 20 heavy (non-hydrogen) atoms. The number of nitrogens with zero attached hydrogens (tertiary/aromatic N) is 1. The van der Waals surface area contributed by atoms with E-state index in [2.05, 4.69) is 42.4 Å². The van der Waals surface area contributed by atoms with Gasteiger partial charge in [-0.1, -0.05) is 17.7 Å². The van der Waals surface area contributed by atoms with Crippen molar-refractivity contribution >= 4 is 0 Å². The van der Waals surface area contributed by atoms with Crippen LogP contribution in [0.3, 0.4) is 0 Å². The molecule has 0 radical (unpaired) electrons. The van der Waals surface area contributed by atoms with Crippen molar-refractivity contribution in [3.8, 4) is 5.75 Å². The quantitative estimate of drug-likeness (QED) is 0.913. The van der Waals surface area contributed by atoms with E-state index in [9.17, 15) is 0 Å². The van der Waals surface area contributed by atoms with Crippen molar-refractivity contribution in [2.75, 3.05) is 14.2 Å². The Kier molecular flexibility index (Phi) is 3.99. The Balaban J connectivity index is 1.69. The molecule has 2 atom stereocenters. The van der Waals surface area contributed by atoms with Gasteiger partial charge in [-0.05, 0) is 45.7 Å². The molecule has 2 aliphatic heterocycles. The fourth-order valence-corrected chi connectivity index (χ4v) is 3.82. The molecule has 2 heterocycles. The van der Waals surface area contributed by atoms with Crippen LogP contribution in [0.15, 0.2) is 18.2 Å². The third kappa shape index (κ3) is 2.84. The molecule has 0 aromatic heterocycles. The van der Waals surface area contributed by atoms with Crippen LogP contribution in [0.25, 0.3) is 0 Å². The third-order valence-electron chi connectivity index (χ3n) is 4.93. The molecule has 0 amide bonds. The van der Waals surface area contributed by atoms with E-state index in [1.807, 2.05) is 0 Å².